The maximum atomic E-state index is 13.5. The second-order valence-electron chi connectivity index (χ2n) is 7.08. The third-order valence-electron chi connectivity index (χ3n) is 5.02. The Balaban J connectivity index is 1.56. The van der Waals surface area contributed by atoms with Crippen molar-refractivity contribution in [2.45, 2.75) is 6.42 Å². The minimum Gasteiger partial charge on any atom is -0.493 e. The summed E-state index contributed by atoms with van der Waals surface area (Å²) in [5.41, 5.74) is 0.971. The molecule has 1 aliphatic heterocycles. The van der Waals surface area contributed by atoms with E-state index in [0.29, 0.717) is 40.5 Å². The Morgan fingerprint density at radius 3 is 2.84 bits per heavy atom. The maximum absolute atomic E-state index is 13.5. The first kappa shape index (κ1) is 20.2. The second kappa shape index (κ2) is 10.1. The fraction of sp³-hybridized carbons (Fsp3) is 0.364. The van der Waals surface area contributed by atoms with Crippen LogP contribution in [0.2, 0.25) is 6.43 Å². The number of methoxy groups -OCH3 is 1. The van der Waals surface area contributed by atoms with Gasteiger partial charge in [-0.15, -0.1) is 0 Å². The van der Waals surface area contributed by atoms with Crippen molar-refractivity contribution < 1.29 is 20.0 Å². The van der Waals surface area contributed by atoms with Crippen LogP contribution in [0.15, 0.2) is 36.7 Å². The highest BCUT2D eigenvalue weighted by Crippen LogP contribution is 2.35. The molecule has 31 heavy (non-hydrogen) atoms. The number of anilines is 2. The number of aromatic nitrogens is 2. The monoisotopic (exact) mass is 447 g/mol. The maximum Gasteiger partial charge on any atom is 0.168 e. The molecule has 2 heterocycles. The lowest BCUT2D eigenvalue weighted by atomic mass is 10.2. The molecule has 0 saturated carbocycles. The standard InChI is InChI=1S/C22H24ClFN4O3/c1-29-20-13-19-16(12-21(20)31-8-2-5-28-6-9-30-10-7-28)22(26-14-25-19)27-15-3-4-18(24)17(23)11-15/h3-4,11-14H,2,5-10H2,1H3,(H,25,26,27)/i/hD. The van der Waals surface area contributed by atoms with Gasteiger partial charge in [-0.3, -0.25) is 4.90 Å². The number of benzene rings is 2. The SMILES string of the molecule is [2H]N(c1ccc(F)c(Cl)c1)c1ncnc2cc(OC)c(OCCCN3CCOCC3)cc12. The van der Waals surface area contributed by atoms with Crippen LogP contribution in [0, 0.1) is 5.82 Å². The molecule has 7 nitrogen and oxygen atoms in total. The minimum absolute atomic E-state index is 0.0657. The van der Waals surface area contributed by atoms with Gasteiger partial charge < -0.3 is 19.5 Å². The van der Waals surface area contributed by atoms with Crippen molar-refractivity contribution >= 4 is 34.0 Å². The number of nitrogens with one attached hydrogen (secondary N) is 1. The fourth-order valence-electron chi connectivity index (χ4n) is 3.38. The molecule has 1 aromatic heterocycles. The van der Waals surface area contributed by atoms with E-state index >= 15 is 0 Å². The molecule has 1 fully saturated rings. The number of morpholine rings is 1. The summed E-state index contributed by atoms with van der Waals surface area (Å²) in [6.07, 6.45) is 2.23. The molecule has 0 bridgehead atoms. The third kappa shape index (κ3) is 5.33. The van der Waals surface area contributed by atoms with Crippen molar-refractivity contribution in [1.82, 2.24) is 14.9 Å². The van der Waals surface area contributed by atoms with Crippen LogP contribution in [0.4, 0.5) is 15.9 Å². The Labute approximate surface area is 186 Å². The topological polar surface area (TPSA) is 68.7 Å². The van der Waals surface area contributed by atoms with Crippen molar-refractivity contribution in [2.24, 2.45) is 0 Å². The van der Waals surface area contributed by atoms with E-state index in [9.17, 15) is 4.39 Å². The molecule has 0 aliphatic carbocycles. The summed E-state index contributed by atoms with van der Waals surface area (Å²) in [5, 5.41) is 1.63. The van der Waals surface area contributed by atoms with E-state index in [1.54, 1.807) is 19.2 Å². The van der Waals surface area contributed by atoms with Crippen LogP contribution in [-0.2, 0) is 4.74 Å². The zero-order valence-electron chi connectivity index (χ0n) is 18.2. The van der Waals surface area contributed by atoms with Gasteiger partial charge in [0.15, 0.2) is 12.9 Å². The molecule has 2 aromatic carbocycles. The molecule has 1 saturated heterocycles. The first-order valence-corrected chi connectivity index (χ1v) is 10.4. The van der Waals surface area contributed by atoms with Crippen molar-refractivity contribution in [1.29, 1.82) is 0 Å². The molecule has 0 radical (unpaired) electrons. The lowest BCUT2D eigenvalue weighted by Crippen LogP contribution is -2.37. The summed E-state index contributed by atoms with van der Waals surface area (Å²) in [7, 11) is 1.57. The minimum atomic E-state index is -0.547. The first-order valence-electron chi connectivity index (χ1n) is 10.5. The Bertz CT molecular complexity index is 1080. The summed E-state index contributed by atoms with van der Waals surface area (Å²) in [4.78, 5) is 10.9. The fourth-order valence-corrected chi connectivity index (χ4v) is 3.56. The molecule has 4 rings (SSSR count). The Hall–Kier alpha value is -2.68. The van der Waals surface area contributed by atoms with Crippen molar-refractivity contribution in [3.05, 3.63) is 47.5 Å². The summed E-state index contributed by atoms with van der Waals surface area (Å²) >= 11 is 5.89. The molecular formula is C22H24ClFN4O3. The van der Waals surface area contributed by atoms with Gasteiger partial charge in [-0.2, -0.15) is 0 Å². The highest BCUT2D eigenvalue weighted by atomic mass is 35.5. The molecule has 164 valence electrons. The van der Waals surface area contributed by atoms with Crippen LogP contribution in [0.25, 0.3) is 10.9 Å². The normalized spacial score (nSPS) is 15.0. The number of ether oxygens (including phenoxy) is 3. The van der Waals surface area contributed by atoms with Gasteiger partial charge in [0.2, 0.25) is 0 Å². The van der Waals surface area contributed by atoms with Gasteiger partial charge in [0, 0.05) is 36.8 Å². The Kier molecular flexibility index (Phi) is 6.58. The summed E-state index contributed by atoms with van der Waals surface area (Å²) in [6, 6.07) is 7.59. The molecule has 0 unspecified atom stereocenters. The number of rotatable bonds is 8. The number of halogens is 2. The van der Waals surface area contributed by atoms with Crippen LogP contribution in [0.3, 0.4) is 0 Å². The highest BCUT2D eigenvalue weighted by Gasteiger charge is 2.14. The molecule has 0 atom stereocenters. The van der Waals surface area contributed by atoms with E-state index in [0.717, 1.165) is 44.6 Å². The number of nitrogens with zero attached hydrogens (tertiary/aromatic N) is 3. The van der Waals surface area contributed by atoms with Gasteiger partial charge in [-0.25, -0.2) is 14.4 Å². The van der Waals surface area contributed by atoms with Gasteiger partial charge in [-0.1, -0.05) is 11.6 Å². The predicted molar refractivity (Wildman–Crippen MR) is 118 cm³/mol. The van der Waals surface area contributed by atoms with Crippen LogP contribution < -0.4 is 14.8 Å². The molecule has 0 spiro atoms. The van der Waals surface area contributed by atoms with Crippen molar-refractivity contribution in [2.75, 3.05) is 51.9 Å². The molecule has 0 amide bonds. The van der Waals surface area contributed by atoms with Crippen molar-refractivity contribution in [3.8, 4) is 11.5 Å². The summed E-state index contributed by atoms with van der Waals surface area (Å²) < 4.78 is 38.9. The lowest BCUT2D eigenvalue weighted by Gasteiger charge is -2.26. The molecule has 1 aliphatic rings. The van der Waals surface area contributed by atoms with Gasteiger partial charge in [-0.05, 0) is 30.7 Å². The molecule has 9 heteroatoms. The molecular weight excluding hydrogens is 423 g/mol. The smallest absolute Gasteiger partial charge is 0.168 e. The van der Waals surface area contributed by atoms with Crippen LogP contribution >= 0.6 is 11.6 Å². The summed E-state index contributed by atoms with van der Waals surface area (Å²) in [6.45, 7) is 4.86. The van der Waals surface area contributed by atoms with Crippen LogP contribution in [0.5, 0.6) is 11.5 Å². The number of hydrogen-bond donors (Lipinski definition) is 1. The first-order chi connectivity index (χ1) is 15.6. The summed E-state index contributed by atoms with van der Waals surface area (Å²) in [5.74, 6) is 0.866. The zero-order chi connectivity index (χ0) is 22.5. The Morgan fingerprint density at radius 2 is 2.06 bits per heavy atom. The van der Waals surface area contributed by atoms with E-state index in [1.165, 1.54) is 24.5 Å². The number of hydrogen-bond acceptors (Lipinski definition) is 7. The van der Waals surface area contributed by atoms with Gasteiger partial charge in [0.25, 0.3) is 0 Å². The van der Waals surface area contributed by atoms with Crippen LogP contribution in [-0.4, -0.2) is 61.4 Å². The Morgan fingerprint density at radius 1 is 1.23 bits per heavy atom. The van der Waals surface area contributed by atoms with Gasteiger partial charge in [0.1, 0.15) is 18.0 Å². The average molecular weight is 448 g/mol. The van der Waals surface area contributed by atoms with Gasteiger partial charge >= 0.3 is 0 Å². The van der Waals surface area contributed by atoms with Crippen LogP contribution in [0.1, 0.15) is 6.42 Å². The van der Waals surface area contributed by atoms with Crippen molar-refractivity contribution in [3.63, 3.8) is 0 Å². The van der Waals surface area contributed by atoms with E-state index in [4.69, 9.17) is 27.2 Å². The average Bonchev–Trinajstić information content (AvgIpc) is 2.83. The molecule has 3 aromatic rings. The van der Waals surface area contributed by atoms with E-state index in [-0.39, 0.29) is 5.02 Å². The van der Waals surface area contributed by atoms with E-state index in [2.05, 4.69) is 14.9 Å². The third-order valence-corrected chi connectivity index (χ3v) is 5.31. The van der Waals surface area contributed by atoms with E-state index < -0.39 is 5.82 Å². The highest BCUT2D eigenvalue weighted by molar-refractivity contribution is 6.31. The zero-order valence-corrected chi connectivity index (χ0v) is 17.9. The van der Waals surface area contributed by atoms with Gasteiger partial charge in [0.05, 0.1) is 37.5 Å². The van der Waals surface area contributed by atoms with E-state index in [1.807, 2.05) is 0 Å². The lowest BCUT2D eigenvalue weighted by molar-refractivity contribution is 0.0357. The second-order valence-corrected chi connectivity index (χ2v) is 7.49. The predicted octanol–water partition coefficient (Wildman–Crippen LogP) is 4.28. The largest absolute Gasteiger partial charge is 0.493 e. The molecule has 1 N–H and O–H groups in total. The quantitative estimate of drug-likeness (QED) is 0.517. The number of fused-ring (bicyclic) bond motifs is 1.